The van der Waals surface area contributed by atoms with Crippen molar-refractivity contribution in [2.75, 3.05) is 12.3 Å². The first-order chi connectivity index (χ1) is 13.9. The van der Waals surface area contributed by atoms with Crippen LogP contribution in [-0.4, -0.2) is 29.3 Å². The van der Waals surface area contributed by atoms with Gasteiger partial charge >= 0.3 is 0 Å². The average molecular weight is 456 g/mol. The van der Waals surface area contributed by atoms with E-state index in [0.717, 1.165) is 16.5 Å². The van der Waals surface area contributed by atoms with Crippen molar-refractivity contribution in [1.29, 1.82) is 0 Å². The fourth-order valence-corrected chi connectivity index (χ4v) is 5.11. The lowest BCUT2D eigenvalue weighted by Gasteiger charge is -2.13. The highest BCUT2D eigenvalue weighted by Gasteiger charge is 2.17. The van der Waals surface area contributed by atoms with Crippen LogP contribution in [0, 0.1) is 5.92 Å². The van der Waals surface area contributed by atoms with Gasteiger partial charge in [-0.15, -0.1) is 11.8 Å². The number of hydrogen-bond donors (Lipinski definition) is 1. The Balaban J connectivity index is 2.43. The summed E-state index contributed by atoms with van der Waals surface area (Å²) in [6.07, 6.45) is 4.50. The van der Waals surface area contributed by atoms with Gasteiger partial charge in [-0.25, -0.2) is 0 Å². The van der Waals surface area contributed by atoms with Crippen LogP contribution in [0.15, 0.2) is 40.1 Å². The maximum Gasteiger partial charge on any atom is 0.239 e. The topological polar surface area (TPSA) is 69.4 Å². The van der Waals surface area contributed by atoms with E-state index in [1.165, 1.54) is 41.4 Å². The number of ketones is 1. The minimum atomic E-state index is -0.574. The third-order valence-corrected chi connectivity index (χ3v) is 7.26. The van der Waals surface area contributed by atoms with E-state index < -0.39 is 6.10 Å². The number of rotatable bonds is 14. The number of Topliss-reactive ketones (excluding diaryl/α,β-unsaturated/α-hetero) is 1. The molecule has 0 saturated heterocycles. The summed E-state index contributed by atoms with van der Waals surface area (Å²) in [5, 5.41) is 1.57. The largest absolute Gasteiger partial charge is 0.482 e. The van der Waals surface area contributed by atoms with Crippen LogP contribution in [0.1, 0.15) is 53.4 Å². The van der Waals surface area contributed by atoms with Gasteiger partial charge in [0.2, 0.25) is 5.12 Å². The molecule has 4 nitrogen and oxygen atoms in total. The van der Waals surface area contributed by atoms with Gasteiger partial charge < -0.3 is 10.5 Å². The van der Waals surface area contributed by atoms with E-state index in [1.807, 2.05) is 49.9 Å². The highest BCUT2D eigenvalue weighted by molar-refractivity contribution is 8.83. The molecule has 1 aromatic rings. The SMILES string of the molecule is CCCCCCSc1ccc(OC(C)C(=O)SS/C=C(\CN)C(=O)C(C)C)cc1. The van der Waals surface area contributed by atoms with Crippen LogP contribution in [0.2, 0.25) is 0 Å². The number of carbonyl (C=O) groups is 2. The Bertz CT molecular complexity index is 660. The molecule has 1 rings (SSSR count). The summed E-state index contributed by atoms with van der Waals surface area (Å²) in [6, 6.07) is 7.88. The molecule has 1 aromatic carbocycles. The zero-order valence-corrected chi connectivity index (χ0v) is 20.3. The molecule has 0 aromatic heterocycles. The van der Waals surface area contributed by atoms with Gasteiger partial charge in [0.05, 0.1) is 0 Å². The van der Waals surface area contributed by atoms with Gasteiger partial charge in [-0.05, 0) is 59.6 Å². The summed E-state index contributed by atoms with van der Waals surface area (Å²) >= 11 is 1.85. The minimum absolute atomic E-state index is 0.0145. The van der Waals surface area contributed by atoms with E-state index in [-0.39, 0.29) is 23.4 Å². The van der Waals surface area contributed by atoms with Crippen molar-refractivity contribution in [3.63, 3.8) is 0 Å². The predicted molar refractivity (Wildman–Crippen MR) is 129 cm³/mol. The normalized spacial score (nSPS) is 12.8. The highest BCUT2D eigenvalue weighted by atomic mass is 33.1. The lowest BCUT2D eigenvalue weighted by Crippen LogP contribution is -2.20. The number of unbranched alkanes of at least 4 members (excludes halogenated alkanes) is 3. The molecule has 7 heteroatoms. The Kier molecular flexibility index (Phi) is 13.5. The summed E-state index contributed by atoms with van der Waals surface area (Å²) < 4.78 is 5.75. The second-order valence-electron chi connectivity index (χ2n) is 7.01. The molecule has 1 unspecified atom stereocenters. The third kappa shape index (κ3) is 10.6. The fourth-order valence-electron chi connectivity index (χ4n) is 2.36. The second-order valence-corrected chi connectivity index (χ2v) is 10.2. The zero-order chi connectivity index (χ0) is 21.6. The number of carbonyl (C=O) groups excluding carboxylic acids is 2. The summed E-state index contributed by atoms with van der Waals surface area (Å²) in [6.45, 7) is 7.80. The quantitative estimate of drug-likeness (QED) is 0.157. The van der Waals surface area contributed by atoms with Crippen molar-refractivity contribution < 1.29 is 14.3 Å². The zero-order valence-electron chi connectivity index (χ0n) is 17.8. The number of ether oxygens (including phenoxy) is 1. The van der Waals surface area contributed by atoms with Crippen molar-refractivity contribution >= 4 is 44.2 Å². The van der Waals surface area contributed by atoms with Gasteiger partial charge in [-0.3, -0.25) is 9.59 Å². The van der Waals surface area contributed by atoms with Crippen LogP contribution in [0.5, 0.6) is 5.75 Å². The van der Waals surface area contributed by atoms with Crippen molar-refractivity contribution in [2.45, 2.75) is 64.4 Å². The predicted octanol–water partition coefficient (Wildman–Crippen LogP) is 6.10. The number of nitrogens with two attached hydrogens (primary N) is 1. The van der Waals surface area contributed by atoms with E-state index in [2.05, 4.69) is 6.92 Å². The lowest BCUT2D eigenvalue weighted by atomic mass is 10.0. The van der Waals surface area contributed by atoms with Gasteiger partial charge in [-0.1, -0.05) is 50.8 Å². The van der Waals surface area contributed by atoms with Crippen molar-refractivity contribution in [2.24, 2.45) is 11.7 Å². The van der Waals surface area contributed by atoms with Crippen LogP contribution in [0.3, 0.4) is 0 Å². The number of thioether (sulfide) groups is 1. The van der Waals surface area contributed by atoms with E-state index in [4.69, 9.17) is 10.5 Å². The average Bonchev–Trinajstić information content (AvgIpc) is 2.71. The second kappa shape index (κ2) is 15.0. The molecular weight excluding hydrogens is 422 g/mol. The number of benzene rings is 1. The van der Waals surface area contributed by atoms with E-state index in [1.54, 1.807) is 12.3 Å². The molecule has 1 atom stereocenters. The lowest BCUT2D eigenvalue weighted by molar-refractivity contribution is -0.118. The van der Waals surface area contributed by atoms with Crippen molar-refractivity contribution in [1.82, 2.24) is 0 Å². The van der Waals surface area contributed by atoms with Crippen LogP contribution in [-0.2, 0) is 9.59 Å². The standard InChI is InChI=1S/C22H33NO3S3/c1-5-6-7-8-13-27-20-11-9-19(10-12-20)26-17(4)22(25)29-28-15-18(14-23)21(24)16(2)3/h9-12,15-17H,5-8,13-14,23H2,1-4H3/b18-15+. The molecule has 0 saturated carbocycles. The summed E-state index contributed by atoms with van der Waals surface area (Å²) in [5.41, 5.74) is 6.17. The van der Waals surface area contributed by atoms with Gasteiger partial charge in [0, 0.05) is 22.9 Å². The minimum Gasteiger partial charge on any atom is -0.482 e. The molecule has 0 bridgehead atoms. The molecule has 0 heterocycles. The maximum atomic E-state index is 12.3. The Labute approximate surface area is 187 Å². The maximum absolute atomic E-state index is 12.3. The molecule has 0 spiro atoms. The molecule has 0 radical (unpaired) electrons. The first kappa shape index (κ1) is 26.1. The molecule has 162 valence electrons. The van der Waals surface area contributed by atoms with Gasteiger partial charge in [-0.2, -0.15) is 0 Å². The summed E-state index contributed by atoms with van der Waals surface area (Å²) in [5.74, 6) is 1.71. The van der Waals surface area contributed by atoms with Crippen molar-refractivity contribution in [3.8, 4) is 5.75 Å². The van der Waals surface area contributed by atoms with E-state index in [9.17, 15) is 9.59 Å². The molecule has 2 N–H and O–H groups in total. The molecule has 29 heavy (non-hydrogen) atoms. The summed E-state index contributed by atoms with van der Waals surface area (Å²) in [7, 11) is 2.28. The Morgan fingerprint density at radius 3 is 2.38 bits per heavy atom. The van der Waals surface area contributed by atoms with Crippen LogP contribution >= 0.6 is 33.3 Å². The van der Waals surface area contributed by atoms with Crippen LogP contribution in [0.4, 0.5) is 0 Å². The first-order valence-electron chi connectivity index (χ1n) is 10.1. The molecule has 0 aliphatic carbocycles. The number of hydrogen-bond acceptors (Lipinski definition) is 7. The van der Waals surface area contributed by atoms with E-state index >= 15 is 0 Å². The smallest absolute Gasteiger partial charge is 0.239 e. The molecule has 0 fully saturated rings. The van der Waals surface area contributed by atoms with Gasteiger partial charge in [0.25, 0.3) is 0 Å². The first-order valence-corrected chi connectivity index (χ1v) is 13.3. The highest BCUT2D eigenvalue weighted by Crippen LogP contribution is 2.29. The monoisotopic (exact) mass is 455 g/mol. The van der Waals surface area contributed by atoms with Crippen LogP contribution < -0.4 is 10.5 Å². The molecule has 0 amide bonds. The Morgan fingerprint density at radius 2 is 1.79 bits per heavy atom. The van der Waals surface area contributed by atoms with Gasteiger partial charge in [0.1, 0.15) is 5.75 Å². The van der Waals surface area contributed by atoms with Crippen LogP contribution in [0.25, 0.3) is 0 Å². The Morgan fingerprint density at radius 1 is 1.10 bits per heavy atom. The molecule has 0 aliphatic heterocycles. The molecule has 0 aliphatic rings. The summed E-state index contributed by atoms with van der Waals surface area (Å²) in [4.78, 5) is 25.5. The molecular formula is C22H33NO3S3. The van der Waals surface area contributed by atoms with E-state index in [0.29, 0.717) is 11.3 Å². The Hall–Kier alpha value is -0.890. The van der Waals surface area contributed by atoms with Crippen molar-refractivity contribution in [3.05, 3.63) is 35.2 Å². The fraction of sp³-hybridized carbons (Fsp3) is 0.545. The third-order valence-electron chi connectivity index (χ3n) is 4.12. The van der Waals surface area contributed by atoms with Gasteiger partial charge in [0.15, 0.2) is 11.9 Å².